The van der Waals surface area contributed by atoms with Crippen molar-refractivity contribution in [3.05, 3.63) is 53.1 Å². The number of benzene rings is 2. The molecule has 0 atom stereocenters. The van der Waals surface area contributed by atoms with Crippen LogP contribution in [-0.2, 0) is 4.79 Å². The van der Waals surface area contributed by atoms with Crippen molar-refractivity contribution in [3.63, 3.8) is 0 Å². The molecular formula is C26H36N2O4. The van der Waals surface area contributed by atoms with Gasteiger partial charge >= 0.3 is 0 Å². The predicted molar refractivity (Wildman–Crippen MR) is 129 cm³/mol. The van der Waals surface area contributed by atoms with Crippen molar-refractivity contribution < 1.29 is 19.0 Å². The van der Waals surface area contributed by atoms with E-state index in [1.807, 2.05) is 43.3 Å². The lowest BCUT2D eigenvalue weighted by Gasteiger charge is -2.14. The molecule has 174 valence electrons. The molecule has 6 heteroatoms. The van der Waals surface area contributed by atoms with E-state index in [0.717, 1.165) is 35.3 Å². The molecule has 0 aliphatic heterocycles. The van der Waals surface area contributed by atoms with Crippen molar-refractivity contribution in [2.75, 3.05) is 20.3 Å². The van der Waals surface area contributed by atoms with Gasteiger partial charge in [0.2, 0.25) is 0 Å². The van der Waals surface area contributed by atoms with Crippen LogP contribution in [0.5, 0.6) is 17.2 Å². The summed E-state index contributed by atoms with van der Waals surface area (Å²) in [4.78, 5) is 12.1. The molecule has 0 bridgehead atoms. The van der Waals surface area contributed by atoms with Crippen molar-refractivity contribution in [3.8, 4) is 17.2 Å². The van der Waals surface area contributed by atoms with E-state index < -0.39 is 0 Å². The monoisotopic (exact) mass is 440 g/mol. The van der Waals surface area contributed by atoms with Crippen molar-refractivity contribution in [2.24, 2.45) is 5.10 Å². The molecule has 1 N–H and O–H groups in total. The summed E-state index contributed by atoms with van der Waals surface area (Å²) in [6.45, 7) is 8.94. The van der Waals surface area contributed by atoms with Crippen molar-refractivity contribution in [2.45, 2.75) is 59.3 Å². The van der Waals surface area contributed by atoms with Crippen LogP contribution >= 0.6 is 0 Å². The third-order valence-corrected chi connectivity index (χ3v) is 5.00. The van der Waals surface area contributed by atoms with Crippen molar-refractivity contribution >= 4 is 12.1 Å². The van der Waals surface area contributed by atoms with Gasteiger partial charge in [-0.3, -0.25) is 4.79 Å². The fraction of sp³-hybridized carbons (Fsp3) is 0.462. The van der Waals surface area contributed by atoms with Gasteiger partial charge in [0.25, 0.3) is 5.91 Å². The minimum atomic E-state index is -0.323. The van der Waals surface area contributed by atoms with Crippen LogP contribution in [0.4, 0.5) is 0 Å². The van der Waals surface area contributed by atoms with Gasteiger partial charge in [0.15, 0.2) is 18.1 Å². The summed E-state index contributed by atoms with van der Waals surface area (Å²) in [6.07, 6.45) is 6.17. The van der Waals surface area contributed by atoms with Crippen LogP contribution in [0.15, 0.2) is 41.5 Å². The highest BCUT2D eigenvalue weighted by Crippen LogP contribution is 2.28. The molecule has 0 radical (unpaired) electrons. The third-order valence-electron chi connectivity index (χ3n) is 5.00. The molecule has 2 rings (SSSR count). The first-order chi connectivity index (χ1) is 15.4. The number of carbonyl (C=O) groups is 1. The average Bonchev–Trinajstić information content (AvgIpc) is 2.78. The summed E-state index contributed by atoms with van der Waals surface area (Å²) in [7, 11) is 1.61. The number of hydrogen-bond acceptors (Lipinski definition) is 5. The fourth-order valence-corrected chi connectivity index (χ4v) is 3.19. The second-order valence-electron chi connectivity index (χ2n) is 8.10. The van der Waals surface area contributed by atoms with Crippen LogP contribution in [0.3, 0.4) is 0 Å². The maximum atomic E-state index is 12.1. The normalized spacial score (nSPS) is 11.1. The summed E-state index contributed by atoms with van der Waals surface area (Å²) < 4.78 is 17.0. The van der Waals surface area contributed by atoms with Crippen LogP contribution in [0.25, 0.3) is 0 Å². The number of methoxy groups -OCH3 is 1. The number of hydrazone groups is 1. The van der Waals surface area contributed by atoms with E-state index in [-0.39, 0.29) is 12.5 Å². The standard InChI is InChI=1S/C26H36N2O4/c1-6-7-8-9-14-31-23-13-11-21(16-25(23)30-5)17-27-28-26(29)18-32-24-15-20(4)10-12-22(24)19(2)3/h10-13,15-17,19H,6-9,14,18H2,1-5H3,(H,28,29)/b27-17+. The van der Waals surface area contributed by atoms with Crippen molar-refractivity contribution in [1.82, 2.24) is 5.43 Å². The molecular weight excluding hydrogens is 404 g/mol. The number of hydrogen-bond donors (Lipinski definition) is 1. The molecule has 0 spiro atoms. The molecule has 0 heterocycles. The molecule has 6 nitrogen and oxygen atoms in total. The summed E-state index contributed by atoms with van der Waals surface area (Å²) in [6, 6.07) is 11.6. The number of rotatable bonds is 13. The predicted octanol–water partition coefficient (Wildman–Crippen LogP) is 5.62. The van der Waals surface area contributed by atoms with Gasteiger partial charge in [0.1, 0.15) is 5.75 Å². The Hall–Kier alpha value is -3.02. The smallest absolute Gasteiger partial charge is 0.277 e. The number of amides is 1. The molecule has 0 unspecified atom stereocenters. The number of nitrogens with zero attached hydrogens (tertiary/aromatic N) is 1. The van der Waals surface area contributed by atoms with Gasteiger partial charge in [-0.2, -0.15) is 5.10 Å². The van der Waals surface area contributed by atoms with Gasteiger partial charge in [-0.25, -0.2) is 5.43 Å². The van der Waals surface area contributed by atoms with E-state index in [0.29, 0.717) is 24.0 Å². The van der Waals surface area contributed by atoms with E-state index in [1.54, 1.807) is 13.3 Å². The number of unbranched alkanes of at least 4 members (excludes halogenated alkanes) is 3. The molecule has 0 saturated heterocycles. The van der Waals surface area contributed by atoms with Gasteiger partial charge in [-0.1, -0.05) is 52.2 Å². The summed E-state index contributed by atoms with van der Waals surface area (Å²) in [5, 5.41) is 4.03. The fourth-order valence-electron chi connectivity index (χ4n) is 3.19. The minimum Gasteiger partial charge on any atom is -0.493 e. The maximum Gasteiger partial charge on any atom is 0.277 e. The number of carbonyl (C=O) groups excluding carboxylic acids is 1. The number of nitrogens with one attached hydrogen (secondary N) is 1. The Labute approximate surface area is 192 Å². The summed E-state index contributed by atoms with van der Waals surface area (Å²) >= 11 is 0. The Kier molecular flexibility index (Phi) is 10.6. The molecule has 0 saturated carbocycles. The Morgan fingerprint density at radius 3 is 2.56 bits per heavy atom. The van der Waals surface area contributed by atoms with Gasteiger partial charge < -0.3 is 14.2 Å². The van der Waals surface area contributed by atoms with Crippen LogP contribution in [0.2, 0.25) is 0 Å². The maximum absolute atomic E-state index is 12.1. The molecule has 0 aliphatic carbocycles. The van der Waals surface area contributed by atoms with Gasteiger partial charge in [0, 0.05) is 0 Å². The molecule has 2 aromatic carbocycles. The number of ether oxygens (including phenoxy) is 3. The van der Waals surface area contributed by atoms with Crippen LogP contribution < -0.4 is 19.6 Å². The summed E-state index contributed by atoms with van der Waals surface area (Å²) in [5.74, 6) is 2.06. The zero-order valence-electron chi connectivity index (χ0n) is 19.9. The van der Waals surface area contributed by atoms with Gasteiger partial charge in [-0.15, -0.1) is 0 Å². The Morgan fingerprint density at radius 1 is 1.03 bits per heavy atom. The highest BCUT2D eigenvalue weighted by molar-refractivity contribution is 5.83. The second-order valence-corrected chi connectivity index (χ2v) is 8.10. The van der Waals surface area contributed by atoms with E-state index in [2.05, 4.69) is 31.3 Å². The highest BCUT2D eigenvalue weighted by Gasteiger charge is 2.10. The quantitative estimate of drug-likeness (QED) is 0.249. The second kappa shape index (κ2) is 13.4. The Bertz CT molecular complexity index is 893. The topological polar surface area (TPSA) is 69.2 Å². The Morgan fingerprint density at radius 2 is 1.84 bits per heavy atom. The molecule has 0 fully saturated rings. The Balaban J connectivity index is 1.87. The molecule has 0 aromatic heterocycles. The van der Waals surface area contributed by atoms with Crippen LogP contribution in [-0.4, -0.2) is 32.4 Å². The minimum absolute atomic E-state index is 0.103. The first kappa shape index (κ1) is 25.2. The van der Waals surface area contributed by atoms with Crippen LogP contribution in [0.1, 0.15) is 69.1 Å². The van der Waals surface area contributed by atoms with E-state index in [9.17, 15) is 4.79 Å². The first-order valence-electron chi connectivity index (χ1n) is 11.3. The lowest BCUT2D eigenvalue weighted by atomic mass is 10.0. The molecule has 2 aromatic rings. The largest absolute Gasteiger partial charge is 0.493 e. The summed E-state index contributed by atoms with van der Waals surface area (Å²) in [5.41, 5.74) is 5.46. The molecule has 1 amide bonds. The first-order valence-corrected chi connectivity index (χ1v) is 11.3. The lowest BCUT2D eigenvalue weighted by molar-refractivity contribution is -0.123. The highest BCUT2D eigenvalue weighted by atomic mass is 16.5. The van der Waals surface area contributed by atoms with Crippen molar-refractivity contribution in [1.29, 1.82) is 0 Å². The average molecular weight is 441 g/mol. The van der Waals surface area contributed by atoms with E-state index in [4.69, 9.17) is 14.2 Å². The molecule has 32 heavy (non-hydrogen) atoms. The third kappa shape index (κ3) is 8.25. The number of aryl methyl sites for hydroxylation is 1. The SMILES string of the molecule is CCCCCCOc1ccc(/C=N/NC(=O)COc2cc(C)ccc2C(C)C)cc1OC. The zero-order valence-corrected chi connectivity index (χ0v) is 19.9. The van der Waals surface area contributed by atoms with Gasteiger partial charge in [-0.05, 0) is 60.2 Å². The van der Waals surface area contributed by atoms with E-state index >= 15 is 0 Å². The molecule has 0 aliphatic rings. The lowest BCUT2D eigenvalue weighted by Crippen LogP contribution is -2.25. The zero-order chi connectivity index (χ0) is 23.3. The van der Waals surface area contributed by atoms with Crippen LogP contribution in [0, 0.1) is 6.92 Å². The van der Waals surface area contributed by atoms with E-state index in [1.165, 1.54) is 12.8 Å². The van der Waals surface area contributed by atoms with Gasteiger partial charge in [0.05, 0.1) is 19.9 Å².